The van der Waals surface area contributed by atoms with E-state index in [1.807, 2.05) is 13.8 Å². The van der Waals surface area contributed by atoms with Gasteiger partial charge in [0, 0.05) is 43.0 Å². The summed E-state index contributed by atoms with van der Waals surface area (Å²) in [5.41, 5.74) is 7.57. The van der Waals surface area contributed by atoms with Crippen molar-refractivity contribution in [2.24, 2.45) is 10.8 Å². The average molecular weight is 498 g/mol. The predicted octanol–water partition coefficient (Wildman–Crippen LogP) is 1.90. The highest BCUT2D eigenvalue weighted by atomic mass is 16.7. The fourth-order valence-electron chi connectivity index (χ4n) is 4.76. The van der Waals surface area contributed by atoms with Gasteiger partial charge in [-0.3, -0.25) is 19.6 Å². The smallest absolute Gasteiger partial charge is 0.286 e. The molecule has 0 saturated carbocycles. The average Bonchev–Trinajstić information content (AvgIpc) is 3.47. The first-order chi connectivity index (χ1) is 17.3. The molecule has 36 heavy (non-hydrogen) atoms. The highest BCUT2D eigenvalue weighted by Crippen LogP contribution is 2.44. The van der Waals surface area contributed by atoms with Crippen molar-refractivity contribution in [2.75, 3.05) is 51.1 Å². The highest BCUT2D eigenvalue weighted by molar-refractivity contribution is 6.43. The van der Waals surface area contributed by atoms with Gasteiger partial charge in [0.2, 0.25) is 12.6 Å². The summed E-state index contributed by atoms with van der Waals surface area (Å²) in [5.74, 6) is 0.390. The van der Waals surface area contributed by atoms with Crippen molar-refractivity contribution >= 4 is 17.4 Å². The van der Waals surface area contributed by atoms with Gasteiger partial charge in [0.25, 0.3) is 5.91 Å². The normalized spacial score (nSPS) is 19.8. The zero-order valence-corrected chi connectivity index (χ0v) is 20.4. The standard InChI is InChI=1S/C25H31N5O6/c1-15(2)17-12-18(20(32)13-19(17)31)25-29(6-5-28-7-9-34-10-8-28)27-24(23(26)33)30(25)16-3-4-21-22(11-16)36-14-35-21/h3-4,11-13,15,25,31-32H,5-10,14H2,1-2H3,(H2,26,33). The van der Waals surface area contributed by atoms with Crippen molar-refractivity contribution in [1.82, 2.24) is 9.91 Å². The van der Waals surface area contributed by atoms with Crippen molar-refractivity contribution in [3.8, 4) is 23.0 Å². The molecule has 5 rings (SSSR count). The van der Waals surface area contributed by atoms with Crippen molar-refractivity contribution in [1.29, 1.82) is 0 Å². The second-order valence-electron chi connectivity index (χ2n) is 9.31. The van der Waals surface area contributed by atoms with Gasteiger partial charge in [-0.05, 0) is 29.7 Å². The second kappa shape index (κ2) is 9.75. The van der Waals surface area contributed by atoms with E-state index >= 15 is 0 Å². The Kier molecular flexibility index (Phi) is 6.50. The van der Waals surface area contributed by atoms with E-state index in [1.165, 1.54) is 6.07 Å². The Morgan fingerprint density at radius 3 is 2.56 bits per heavy atom. The van der Waals surface area contributed by atoms with E-state index in [2.05, 4.69) is 10.0 Å². The SMILES string of the molecule is CC(C)c1cc(C2N(CCN3CCOCC3)N=C(C(N)=O)N2c2ccc3c(c2)OCO3)c(O)cc1O. The van der Waals surface area contributed by atoms with Crippen LogP contribution in [-0.4, -0.2) is 78.1 Å². The number of anilines is 1. The van der Waals surface area contributed by atoms with Gasteiger partial charge in [-0.1, -0.05) is 13.8 Å². The van der Waals surface area contributed by atoms with Crippen LogP contribution in [0.1, 0.15) is 37.1 Å². The summed E-state index contributed by atoms with van der Waals surface area (Å²) in [7, 11) is 0. The van der Waals surface area contributed by atoms with E-state index in [0.717, 1.165) is 13.1 Å². The van der Waals surface area contributed by atoms with E-state index in [0.29, 0.717) is 54.6 Å². The molecule has 0 spiro atoms. The number of carbonyl (C=O) groups excluding carboxylic acids is 1. The van der Waals surface area contributed by atoms with E-state index in [9.17, 15) is 15.0 Å². The topological polar surface area (TPSA) is 133 Å². The molecule has 4 N–H and O–H groups in total. The molecule has 0 radical (unpaired) electrons. The van der Waals surface area contributed by atoms with Crippen LogP contribution in [0.4, 0.5) is 5.69 Å². The molecule has 3 heterocycles. The molecular weight excluding hydrogens is 466 g/mol. The molecule has 1 atom stereocenters. The minimum Gasteiger partial charge on any atom is -0.508 e. The third-order valence-electron chi connectivity index (χ3n) is 6.66. The van der Waals surface area contributed by atoms with Gasteiger partial charge in [-0.25, -0.2) is 0 Å². The molecule has 0 aromatic heterocycles. The van der Waals surface area contributed by atoms with Gasteiger partial charge >= 0.3 is 0 Å². The molecule has 1 fully saturated rings. The summed E-state index contributed by atoms with van der Waals surface area (Å²) in [6, 6.07) is 8.43. The summed E-state index contributed by atoms with van der Waals surface area (Å²) < 4.78 is 16.5. The van der Waals surface area contributed by atoms with Gasteiger partial charge in [0.05, 0.1) is 19.8 Å². The third-order valence-corrected chi connectivity index (χ3v) is 6.66. The maximum absolute atomic E-state index is 12.6. The zero-order valence-electron chi connectivity index (χ0n) is 20.4. The number of phenolic OH excluding ortho intramolecular Hbond substituents is 2. The third kappa shape index (κ3) is 4.47. The number of carbonyl (C=O) groups is 1. The number of phenols is 2. The summed E-state index contributed by atoms with van der Waals surface area (Å²) >= 11 is 0. The molecule has 11 nitrogen and oxygen atoms in total. The maximum atomic E-state index is 12.6. The largest absolute Gasteiger partial charge is 0.508 e. The molecule has 1 amide bonds. The molecule has 3 aliphatic rings. The number of hydrogen-bond acceptors (Lipinski definition) is 10. The predicted molar refractivity (Wildman–Crippen MR) is 132 cm³/mol. The summed E-state index contributed by atoms with van der Waals surface area (Å²) in [4.78, 5) is 16.6. The second-order valence-corrected chi connectivity index (χ2v) is 9.31. The van der Waals surface area contributed by atoms with Crippen LogP contribution in [0.15, 0.2) is 35.4 Å². The number of amides is 1. The van der Waals surface area contributed by atoms with Crippen molar-refractivity contribution in [2.45, 2.75) is 25.9 Å². The van der Waals surface area contributed by atoms with Crippen LogP contribution in [0.25, 0.3) is 0 Å². The first kappa shape index (κ1) is 24.0. The fraction of sp³-hybridized carbons (Fsp3) is 0.440. The van der Waals surface area contributed by atoms with Gasteiger partial charge in [-0.15, -0.1) is 0 Å². The molecule has 0 aliphatic carbocycles. The minimum absolute atomic E-state index is 0.00285. The summed E-state index contributed by atoms with van der Waals surface area (Å²) in [6.07, 6.45) is -0.688. The van der Waals surface area contributed by atoms with Gasteiger partial charge in [0.1, 0.15) is 11.5 Å². The quantitative estimate of drug-likeness (QED) is 0.524. The minimum atomic E-state index is -0.700. The number of fused-ring (bicyclic) bond motifs is 1. The summed E-state index contributed by atoms with van der Waals surface area (Å²) in [5, 5.41) is 27.8. The fourth-order valence-corrected chi connectivity index (χ4v) is 4.76. The number of morpholine rings is 1. The van der Waals surface area contributed by atoms with Crippen LogP contribution >= 0.6 is 0 Å². The number of rotatable bonds is 7. The Morgan fingerprint density at radius 1 is 1.08 bits per heavy atom. The number of ether oxygens (including phenoxy) is 3. The molecule has 3 aliphatic heterocycles. The van der Waals surface area contributed by atoms with E-state index in [1.54, 1.807) is 34.2 Å². The van der Waals surface area contributed by atoms with Crippen molar-refractivity contribution < 1.29 is 29.2 Å². The van der Waals surface area contributed by atoms with Crippen LogP contribution < -0.4 is 20.1 Å². The molecule has 1 saturated heterocycles. The number of aromatic hydroxyl groups is 2. The van der Waals surface area contributed by atoms with E-state index in [4.69, 9.17) is 19.9 Å². The Hall–Kier alpha value is -3.70. The molecule has 2 aromatic carbocycles. The number of nitrogens with two attached hydrogens (primary N) is 1. The lowest BCUT2D eigenvalue weighted by atomic mass is 9.97. The van der Waals surface area contributed by atoms with Crippen LogP contribution in [0.5, 0.6) is 23.0 Å². The molecule has 1 unspecified atom stereocenters. The molecule has 2 aromatic rings. The molecule has 0 bridgehead atoms. The number of hydrogen-bond donors (Lipinski definition) is 3. The van der Waals surface area contributed by atoms with Crippen LogP contribution in [-0.2, 0) is 9.53 Å². The van der Waals surface area contributed by atoms with Crippen LogP contribution in [0.2, 0.25) is 0 Å². The Morgan fingerprint density at radius 2 is 1.83 bits per heavy atom. The molecular formula is C25H31N5O6. The van der Waals surface area contributed by atoms with E-state index < -0.39 is 12.1 Å². The van der Waals surface area contributed by atoms with E-state index in [-0.39, 0.29) is 30.0 Å². The van der Waals surface area contributed by atoms with Crippen LogP contribution in [0, 0.1) is 0 Å². The van der Waals surface area contributed by atoms with Crippen LogP contribution in [0.3, 0.4) is 0 Å². The Labute approximate surface area is 209 Å². The number of primary amides is 1. The van der Waals surface area contributed by atoms with Crippen molar-refractivity contribution in [3.05, 3.63) is 41.5 Å². The Bertz CT molecular complexity index is 1180. The zero-order chi connectivity index (χ0) is 25.4. The molecule has 11 heteroatoms. The van der Waals surface area contributed by atoms with Crippen molar-refractivity contribution in [3.63, 3.8) is 0 Å². The molecule has 192 valence electrons. The first-order valence-corrected chi connectivity index (χ1v) is 12.0. The number of benzene rings is 2. The maximum Gasteiger partial charge on any atom is 0.286 e. The number of amidine groups is 1. The van der Waals surface area contributed by atoms with Gasteiger partial charge in [-0.2, -0.15) is 5.10 Å². The van der Waals surface area contributed by atoms with Gasteiger partial charge < -0.3 is 30.2 Å². The lowest BCUT2D eigenvalue weighted by molar-refractivity contribution is -0.112. The highest BCUT2D eigenvalue weighted by Gasteiger charge is 2.41. The monoisotopic (exact) mass is 497 g/mol. The first-order valence-electron chi connectivity index (χ1n) is 12.0. The number of nitrogens with zero attached hydrogens (tertiary/aromatic N) is 4. The lowest BCUT2D eigenvalue weighted by Crippen LogP contribution is -2.43. The lowest BCUT2D eigenvalue weighted by Gasteiger charge is -2.34. The number of hydrazone groups is 1. The summed E-state index contributed by atoms with van der Waals surface area (Å²) in [6.45, 7) is 8.13. The Balaban J connectivity index is 1.58. The van der Waals surface area contributed by atoms with Gasteiger partial charge in [0.15, 0.2) is 17.7 Å².